The fraction of sp³-hybridized carbons (Fsp3) is 0.556. The van der Waals surface area contributed by atoms with E-state index in [1.165, 1.54) is 6.42 Å². The lowest BCUT2D eigenvalue weighted by Gasteiger charge is -2.39. The van der Waals surface area contributed by atoms with Gasteiger partial charge in [-0.15, -0.1) is 13.2 Å². The molecule has 0 aromatic rings. The lowest BCUT2D eigenvalue weighted by molar-refractivity contribution is 0.175. The molecule has 0 spiro atoms. The lowest BCUT2D eigenvalue weighted by atomic mass is 9.66. The summed E-state index contributed by atoms with van der Waals surface area (Å²) in [4.78, 5) is 0. The highest BCUT2D eigenvalue weighted by Crippen LogP contribution is 2.41. The fourth-order valence-corrected chi connectivity index (χ4v) is 1.63. The molecule has 0 aliphatic heterocycles. The van der Waals surface area contributed by atoms with Crippen molar-refractivity contribution in [2.24, 2.45) is 17.8 Å². The van der Waals surface area contributed by atoms with Crippen LogP contribution in [0.25, 0.3) is 0 Å². The molecule has 1 saturated carbocycles. The Labute approximate surface area is 57.3 Å². The number of hydrogen-bond donors (Lipinski definition) is 0. The zero-order chi connectivity index (χ0) is 6.85. The van der Waals surface area contributed by atoms with E-state index in [4.69, 9.17) is 0 Å². The first-order valence-corrected chi connectivity index (χ1v) is 3.54. The van der Waals surface area contributed by atoms with Crippen molar-refractivity contribution in [3.05, 3.63) is 25.3 Å². The van der Waals surface area contributed by atoms with Gasteiger partial charge in [0.15, 0.2) is 0 Å². The van der Waals surface area contributed by atoms with Gasteiger partial charge in [0.1, 0.15) is 0 Å². The van der Waals surface area contributed by atoms with Gasteiger partial charge >= 0.3 is 0 Å². The zero-order valence-corrected chi connectivity index (χ0v) is 6.01. The minimum absolute atomic E-state index is 0.711. The van der Waals surface area contributed by atoms with Crippen molar-refractivity contribution in [3.8, 4) is 0 Å². The average Bonchev–Trinajstić information content (AvgIpc) is 1.83. The zero-order valence-electron chi connectivity index (χ0n) is 6.01. The van der Waals surface area contributed by atoms with Gasteiger partial charge in [0, 0.05) is 0 Å². The third-order valence-corrected chi connectivity index (χ3v) is 2.37. The van der Waals surface area contributed by atoms with Crippen molar-refractivity contribution in [2.45, 2.75) is 13.3 Å². The predicted molar refractivity (Wildman–Crippen MR) is 41.2 cm³/mol. The third-order valence-electron chi connectivity index (χ3n) is 2.37. The maximum atomic E-state index is 3.78. The molecule has 0 aromatic heterocycles. The summed E-state index contributed by atoms with van der Waals surface area (Å²) in [5.74, 6) is 2.27. The minimum atomic E-state index is 0.711. The highest BCUT2D eigenvalue weighted by atomic mass is 14.4. The molecule has 1 aliphatic carbocycles. The molecule has 3 atom stereocenters. The molecule has 0 saturated heterocycles. The minimum Gasteiger partial charge on any atom is -0.103 e. The van der Waals surface area contributed by atoms with Gasteiger partial charge in [-0.2, -0.15) is 0 Å². The Kier molecular flexibility index (Phi) is 1.75. The Morgan fingerprint density at radius 3 is 2.22 bits per heavy atom. The van der Waals surface area contributed by atoms with E-state index in [-0.39, 0.29) is 0 Å². The molecular formula is C9H14. The van der Waals surface area contributed by atoms with Crippen LogP contribution in [0.1, 0.15) is 13.3 Å². The monoisotopic (exact) mass is 122 g/mol. The van der Waals surface area contributed by atoms with Crippen LogP contribution in [0, 0.1) is 17.8 Å². The van der Waals surface area contributed by atoms with Crippen LogP contribution in [-0.4, -0.2) is 0 Å². The van der Waals surface area contributed by atoms with Crippen LogP contribution < -0.4 is 0 Å². The van der Waals surface area contributed by atoms with E-state index in [0.29, 0.717) is 5.92 Å². The molecular weight excluding hydrogens is 108 g/mol. The molecule has 9 heavy (non-hydrogen) atoms. The van der Waals surface area contributed by atoms with Gasteiger partial charge in [0.25, 0.3) is 0 Å². The van der Waals surface area contributed by atoms with Gasteiger partial charge in [-0.25, -0.2) is 0 Å². The predicted octanol–water partition coefficient (Wildman–Crippen LogP) is 2.63. The van der Waals surface area contributed by atoms with Crippen molar-refractivity contribution >= 4 is 0 Å². The Morgan fingerprint density at radius 1 is 1.33 bits per heavy atom. The summed E-state index contributed by atoms with van der Waals surface area (Å²) in [6.45, 7) is 9.82. The van der Waals surface area contributed by atoms with Crippen molar-refractivity contribution in [2.75, 3.05) is 0 Å². The van der Waals surface area contributed by atoms with Crippen LogP contribution in [0.4, 0.5) is 0 Å². The summed E-state index contributed by atoms with van der Waals surface area (Å²) in [5, 5.41) is 0. The van der Waals surface area contributed by atoms with Gasteiger partial charge in [-0.05, 0) is 24.2 Å². The second kappa shape index (κ2) is 2.38. The fourth-order valence-electron chi connectivity index (χ4n) is 1.63. The van der Waals surface area contributed by atoms with Crippen LogP contribution in [0.2, 0.25) is 0 Å². The first-order chi connectivity index (χ1) is 4.29. The molecule has 0 bridgehead atoms. The number of allylic oxidation sites excluding steroid dienone is 2. The summed E-state index contributed by atoms with van der Waals surface area (Å²) in [6, 6.07) is 0. The molecule has 1 rings (SSSR count). The number of hydrogen-bond acceptors (Lipinski definition) is 0. The van der Waals surface area contributed by atoms with E-state index in [2.05, 4.69) is 26.2 Å². The van der Waals surface area contributed by atoms with Gasteiger partial charge in [0.2, 0.25) is 0 Å². The van der Waals surface area contributed by atoms with Crippen LogP contribution >= 0.6 is 0 Å². The van der Waals surface area contributed by atoms with Crippen LogP contribution in [0.5, 0.6) is 0 Å². The summed E-state index contributed by atoms with van der Waals surface area (Å²) in [5.41, 5.74) is 0. The SMILES string of the molecule is C=CC1CC(C)C1C=C. The Balaban J connectivity index is 2.46. The van der Waals surface area contributed by atoms with E-state index in [9.17, 15) is 0 Å². The van der Waals surface area contributed by atoms with E-state index < -0.39 is 0 Å². The van der Waals surface area contributed by atoms with Gasteiger partial charge in [-0.1, -0.05) is 19.1 Å². The van der Waals surface area contributed by atoms with E-state index in [1.807, 2.05) is 6.08 Å². The molecule has 0 nitrogen and oxygen atoms in total. The molecule has 1 fully saturated rings. The molecule has 0 radical (unpaired) electrons. The molecule has 0 amide bonds. The van der Waals surface area contributed by atoms with Crippen molar-refractivity contribution in [1.29, 1.82) is 0 Å². The second-order valence-electron chi connectivity index (χ2n) is 2.93. The quantitative estimate of drug-likeness (QED) is 0.494. The Bertz CT molecular complexity index is 124. The summed E-state index contributed by atoms with van der Waals surface area (Å²) >= 11 is 0. The highest BCUT2D eigenvalue weighted by Gasteiger charge is 2.32. The summed E-state index contributed by atoms with van der Waals surface area (Å²) < 4.78 is 0. The molecule has 3 unspecified atom stereocenters. The topological polar surface area (TPSA) is 0 Å². The molecule has 0 heterocycles. The summed E-state index contributed by atoms with van der Waals surface area (Å²) in [7, 11) is 0. The Hall–Kier alpha value is -0.520. The maximum absolute atomic E-state index is 3.78. The third kappa shape index (κ3) is 0.937. The van der Waals surface area contributed by atoms with E-state index in [0.717, 1.165) is 11.8 Å². The van der Waals surface area contributed by atoms with Gasteiger partial charge < -0.3 is 0 Å². The van der Waals surface area contributed by atoms with Crippen LogP contribution in [0.3, 0.4) is 0 Å². The molecule has 50 valence electrons. The first-order valence-electron chi connectivity index (χ1n) is 3.54. The molecule has 0 aromatic carbocycles. The van der Waals surface area contributed by atoms with Crippen molar-refractivity contribution in [1.82, 2.24) is 0 Å². The second-order valence-corrected chi connectivity index (χ2v) is 2.93. The largest absolute Gasteiger partial charge is 0.103 e. The van der Waals surface area contributed by atoms with Gasteiger partial charge in [0.05, 0.1) is 0 Å². The summed E-state index contributed by atoms with van der Waals surface area (Å²) in [6.07, 6.45) is 5.41. The first kappa shape index (κ1) is 6.60. The highest BCUT2D eigenvalue weighted by molar-refractivity contribution is 5.03. The molecule has 0 N–H and O–H groups in total. The molecule has 1 aliphatic rings. The van der Waals surface area contributed by atoms with Crippen LogP contribution in [-0.2, 0) is 0 Å². The van der Waals surface area contributed by atoms with Crippen molar-refractivity contribution < 1.29 is 0 Å². The van der Waals surface area contributed by atoms with Crippen LogP contribution in [0.15, 0.2) is 25.3 Å². The maximum Gasteiger partial charge on any atom is -0.0147 e. The lowest BCUT2D eigenvalue weighted by Crippen LogP contribution is -2.31. The van der Waals surface area contributed by atoms with E-state index in [1.54, 1.807) is 0 Å². The van der Waals surface area contributed by atoms with E-state index >= 15 is 0 Å². The smallest absolute Gasteiger partial charge is 0.0147 e. The Morgan fingerprint density at radius 2 is 2.00 bits per heavy atom. The average molecular weight is 122 g/mol. The van der Waals surface area contributed by atoms with Crippen molar-refractivity contribution in [3.63, 3.8) is 0 Å². The molecule has 0 heteroatoms. The standard InChI is InChI=1S/C9H14/c1-4-8-6-7(3)9(8)5-2/h4-5,7-9H,1-2,6H2,3H3. The number of rotatable bonds is 2. The normalized spacial score (nSPS) is 41.2. The van der Waals surface area contributed by atoms with Gasteiger partial charge in [-0.3, -0.25) is 0 Å².